The Hall–Kier alpha value is -0.570. The van der Waals surface area contributed by atoms with Crippen LogP contribution >= 0.6 is 23.1 Å². The van der Waals surface area contributed by atoms with E-state index < -0.39 is 16.0 Å². The molecular weight excluding hydrogens is 294 g/mol. The molecule has 0 amide bonds. The smallest absolute Gasteiger partial charge is 0.345 e. The van der Waals surface area contributed by atoms with Crippen LogP contribution in [0.3, 0.4) is 0 Å². The molecule has 0 radical (unpaired) electrons. The fourth-order valence-electron chi connectivity index (χ4n) is 1.72. The summed E-state index contributed by atoms with van der Waals surface area (Å²) in [5, 5.41) is 8.81. The van der Waals surface area contributed by atoms with Crippen LogP contribution in [-0.4, -0.2) is 48.4 Å². The third-order valence-corrected chi connectivity index (χ3v) is 7.44. The van der Waals surface area contributed by atoms with Crippen molar-refractivity contribution in [3.63, 3.8) is 0 Å². The number of nitrogens with zero attached hydrogens (tertiary/aromatic N) is 1. The van der Waals surface area contributed by atoms with E-state index in [0.717, 1.165) is 29.3 Å². The quantitative estimate of drug-likeness (QED) is 0.914. The maximum Gasteiger partial charge on any atom is 0.345 e. The highest BCUT2D eigenvalue weighted by Gasteiger charge is 2.31. The number of thiophene rings is 1. The van der Waals surface area contributed by atoms with Crippen molar-refractivity contribution in [3.8, 4) is 0 Å². The van der Waals surface area contributed by atoms with Gasteiger partial charge in [0.15, 0.2) is 0 Å². The highest BCUT2D eigenvalue weighted by Crippen LogP contribution is 2.29. The minimum absolute atomic E-state index is 0.00961. The number of hydrogen-bond donors (Lipinski definition) is 1. The maximum atomic E-state index is 12.3. The van der Waals surface area contributed by atoms with E-state index >= 15 is 0 Å². The van der Waals surface area contributed by atoms with Crippen molar-refractivity contribution in [2.24, 2.45) is 0 Å². The van der Waals surface area contributed by atoms with Crippen LogP contribution in [0.4, 0.5) is 0 Å². The molecule has 1 saturated heterocycles. The summed E-state index contributed by atoms with van der Waals surface area (Å²) in [6.45, 7) is 0. The highest BCUT2D eigenvalue weighted by atomic mass is 32.2. The lowest BCUT2D eigenvalue weighted by atomic mass is 10.3. The lowest BCUT2D eigenvalue weighted by Crippen LogP contribution is -2.36. The molecule has 1 aromatic rings. The summed E-state index contributed by atoms with van der Waals surface area (Å²) in [4.78, 5) is 10.8. The number of hydrogen-bond acceptors (Lipinski definition) is 5. The molecule has 8 heteroatoms. The van der Waals surface area contributed by atoms with Crippen molar-refractivity contribution < 1.29 is 18.3 Å². The van der Waals surface area contributed by atoms with Crippen LogP contribution in [-0.2, 0) is 10.0 Å². The highest BCUT2D eigenvalue weighted by molar-refractivity contribution is 7.99. The van der Waals surface area contributed by atoms with Gasteiger partial charge in [-0.15, -0.1) is 11.3 Å². The first-order valence-corrected chi connectivity index (χ1v) is 8.73. The molecule has 0 spiro atoms. The van der Waals surface area contributed by atoms with Gasteiger partial charge in [0.05, 0.1) is 0 Å². The average Bonchev–Trinajstić information content (AvgIpc) is 2.99. The van der Waals surface area contributed by atoms with Gasteiger partial charge < -0.3 is 5.11 Å². The fraction of sp³-hybridized carbons (Fsp3) is 0.500. The molecule has 100 valence electrons. The van der Waals surface area contributed by atoms with E-state index in [4.69, 9.17) is 5.11 Å². The van der Waals surface area contributed by atoms with E-state index in [9.17, 15) is 13.2 Å². The summed E-state index contributed by atoms with van der Waals surface area (Å²) >= 11 is 2.53. The van der Waals surface area contributed by atoms with Crippen LogP contribution in [0.2, 0.25) is 0 Å². The van der Waals surface area contributed by atoms with Gasteiger partial charge >= 0.3 is 5.97 Å². The molecule has 0 bridgehead atoms. The molecule has 1 aliphatic heterocycles. The zero-order chi connectivity index (χ0) is 13.3. The Balaban J connectivity index is 2.26. The van der Waals surface area contributed by atoms with Crippen LogP contribution < -0.4 is 0 Å². The van der Waals surface area contributed by atoms with Gasteiger partial charge in [0.1, 0.15) is 9.09 Å². The van der Waals surface area contributed by atoms with E-state index in [0.29, 0.717) is 0 Å². The molecule has 1 aromatic heterocycles. The first-order valence-electron chi connectivity index (χ1n) is 5.32. The molecule has 5 nitrogen and oxygen atoms in total. The Labute approximate surface area is 114 Å². The van der Waals surface area contributed by atoms with Crippen LogP contribution in [0, 0.1) is 0 Å². The van der Waals surface area contributed by atoms with Crippen molar-refractivity contribution in [2.45, 2.75) is 16.7 Å². The van der Waals surface area contributed by atoms with Crippen molar-refractivity contribution >= 4 is 39.1 Å². The molecular formula is C10H13NO4S3. The van der Waals surface area contributed by atoms with Gasteiger partial charge in [-0.3, -0.25) is 0 Å². The van der Waals surface area contributed by atoms with Gasteiger partial charge in [-0.1, -0.05) is 0 Å². The van der Waals surface area contributed by atoms with E-state index in [1.165, 1.54) is 16.4 Å². The third kappa shape index (κ3) is 2.56. The minimum Gasteiger partial charge on any atom is -0.477 e. The summed E-state index contributed by atoms with van der Waals surface area (Å²) in [5.41, 5.74) is 0. The zero-order valence-corrected chi connectivity index (χ0v) is 12.1. The standard InChI is InChI=1S/C10H13NO4S3/c1-11(7-4-5-16-6-7)18(14,15)9-3-2-8(17-9)10(12)13/h2-3,7H,4-6H2,1H3,(H,12,13). The number of thioether (sulfide) groups is 1. The minimum atomic E-state index is -3.56. The predicted molar refractivity (Wildman–Crippen MR) is 72.0 cm³/mol. The lowest BCUT2D eigenvalue weighted by molar-refractivity contribution is 0.0702. The first-order chi connectivity index (χ1) is 8.43. The van der Waals surface area contributed by atoms with Crippen LogP contribution in [0.15, 0.2) is 16.3 Å². The number of rotatable bonds is 4. The van der Waals surface area contributed by atoms with E-state index in [1.54, 1.807) is 18.8 Å². The van der Waals surface area contributed by atoms with Gasteiger partial charge in [-0.05, 0) is 24.3 Å². The summed E-state index contributed by atoms with van der Waals surface area (Å²) in [6, 6.07) is 2.70. The normalized spacial score (nSPS) is 20.4. The van der Waals surface area contributed by atoms with Gasteiger partial charge in [0, 0.05) is 18.8 Å². The first kappa shape index (κ1) is 13.9. The third-order valence-electron chi connectivity index (χ3n) is 2.85. The SMILES string of the molecule is CN(C1CCSC1)S(=O)(=O)c1ccc(C(=O)O)s1. The number of carbonyl (C=O) groups is 1. The van der Waals surface area contributed by atoms with Crippen molar-refractivity contribution in [3.05, 3.63) is 17.0 Å². The molecule has 18 heavy (non-hydrogen) atoms. The van der Waals surface area contributed by atoms with E-state index in [-0.39, 0.29) is 15.1 Å². The van der Waals surface area contributed by atoms with E-state index in [2.05, 4.69) is 0 Å². The van der Waals surface area contributed by atoms with E-state index in [1.807, 2.05) is 0 Å². The van der Waals surface area contributed by atoms with Crippen LogP contribution in [0.25, 0.3) is 0 Å². The largest absolute Gasteiger partial charge is 0.477 e. The number of carboxylic acids is 1. The number of carboxylic acid groups (broad SMARTS) is 1. The second-order valence-electron chi connectivity index (χ2n) is 3.96. The average molecular weight is 307 g/mol. The van der Waals surface area contributed by atoms with Crippen LogP contribution in [0.1, 0.15) is 16.1 Å². The maximum absolute atomic E-state index is 12.3. The summed E-state index contributed by atoms with van der Waals surface area (Å²) in [5.74, 6) is 0.669. The molecule has 0 aromatic carbocycles. The zero-order valence-electron chi connectivity index (χ0n) is 9.70. The summed E-state index contributed by atoms with van der Waals surface area (Å²) < 4.78 is 26.0. The molecule has 1 fully saturated rings. The van der Waals surface area contributed by atoms with Gasteiger partial charge in [0.25, 0.3) is 10.0 Å². The molecule has 1 aliphatic rings. The van der Waals surface area contributed by atoms with Gasteiger partial charge in [-0.25, -0.2) is 13.2 Å². The Bertz CT molecular complexity index is 545. The Morgan fingerprint density at radius 2 is 2.22 bits per heavy atom. The molecule has 0 saturated carbocycles. The van der Waals surface area contributed by atoms with Crippen molar-refractivity contribution in [1.82, 2.24) is 4.31 Å². The summed E-state index contributed by atoms with van der Waals surface area (Å²) in [7, 11) is -2.00. The Morgan fingerprint density at radius 1 is 1.50 bits per heavy atom. The van der Waals surface area contributed by atoms with Gasteiger partial charge in [-0.2, -0.15) is 16.1 Å². The molecule has 1 unspecified atom stereocenters. The fourth-order valence-corrected chi connectivity index (χ4v) is 5.80. The summed E-state index contributed by atoms with van der Waals surface area (Å²) in [6.07, 6.45) is 0.845. The Morgan fingerprint density at radius 3 is 2.72 bits per heavy atom. The molecule has 2 heterocycles. The lowest BCUT2D eigenvalue weighted by Gasteiger charge is -2.22. The second-order valence-corrected chi connectivity index (χ2v) is 8.42. The predicted octanol–water partition coefficient (Wildman–Crippen LogP) is 1.57. The number of aromatic carboxylic acids is 1. The second kappa shape index (κ2) is 5.20. The van der Waals surface area contributed by atoms with Crippen molar-refractivity contribution in [1.29, 1.82) is 0 Å². The van der Waals surface area contributed by atoms with Crippen molar-refractivity contribution in [2.75, 3.05) is 18.6 Å². The monoisotopic (exact) mass is 307 g/mol. The molecule has 0 aliphatic carbocycles. The molecule has 2 rings (SSSR count). The van der Waals surface area contributed by atoms with Crippen LogP contribution in [0.5, 0.6) is 0 Å². The molecule has 1 N–H and O–H groups in total. The van der Waals surface area contributed by atoms with Gasteiger partial charge in [0.2, 0.25) is 0 Å². The topological polar surface area (TPSA) is 74.7 Å². The molecule has 1 atom stereocenters. The number of sulfonamides is 1. The Kier molecular flexibility index (Phi) is 4.00.